The van der Waals surface area contributed by atoms with Crippen LogP contribution in [-0.4, -0.2) is 28.0 Å². The average Bonchev–Trinajstić information content (AvgIpc) is 2.73. The normalized spacial score (nSPS) is 31.5. The monoisotopic (exact) mass is 278 g/mol. The van der Waals surface area contributed by atoms with Crippen LogP contribution in [0.3, 0.4) is 0 Å². The number of rotatable bonds is 2. The minimum absolute atomic E-state index is 0.130. The molecule has 1 aliphatic heterocycles. The van der Waals surface area contributed by atoms with Crippen LogP contribution in [0.5, 0.6) is 11.5 Å². The van der Waals surface area contributed by atoms with E-state index >= 15 is 0 Å². The number of hydrogen-bond acceptors (Lipinski definition) is 4. The van der Waals surface area contributed by atoms with Crippen LogP contribution in [0.2, 0.25) is 0 Å². The molecule has 1 fully saturated rings. The fourth-order valence-corrected chi connectivity index (χ4v) is 3.09. The van der Waals surface area contributed by atoms with Gasteiger partial charge in [-0.1, -0.05) is 0 Å². The second kappa shape index (κ2) is 4.93. The number of aliphatic hydroxyl groups excluding tert-OH is 2. The van der Waals surface area contributed by atoms with Crippen molar-refractivity contribution < 1.29 is 19.7 Å². The minimum Gasteiger partial charge on any atom is -0.488 e. The van der Waals surface area contributed by atoms with E-state index in [0.717, 1.165) is 24.8 Å². The van der Waals surface area contributed by atoms with Crippen molar-refractivity contribution >= 4 is 0 Å². The molecule has 1 aliphatic carbocycles. The topological polar surface area (TPSA) is 58.9 Å². The Labute approximate surface area is 119 Å². The second-order valence-electron chi connectivity index (χ2n) is 6.44. The summed E-state index contributed by atoms with van der Waals surface area (Å²) in [5.74, 6) is 1.37. The van der Waals surface area contributed by atoms with E-state index in [9.17, 15) is 10.2 Å². The Kier molecular flexibility index (Phi) is 3.38. The minimum atomic E-state index is -0.500. The van der Waals surface area contributed by atoms with Crippen molar-refractivity contribution in [3.8, 4) is 11.5 Å². The first-order chi connectivity index (χ1) is 9.44. The molecule has 0 amide bonds. The first-order valence-electron chi connectivity index (χ1n) is 7.30. The molecular formula is C16H22O4. The van der Waals surface area contributed by atoms with Crippen molar-refractivity contribution in [3.05, 3.63) is 23.8 Å². The smallest absolute Gasteiger partial charge is 0.129 e. The Morgan fingerprint density at radius 3 is 2.75 bits per heavy atom. The van der Waals surface area contributed by atoms with Gasteiger partial charge in [0.15, 0.2) is 0 Å². The Balaban J connectivity index is 1.82. The van der Waals surface area contributed by atoms with Crippen LogP contribution in [0.1, 0.15) is 51.2 Å². The predicted molar refractivity (Wildman–Crippen MR) is 75.0 cm³/mol. The molecule has 2 N–H and O–H groups in total. The number of ether oxygens (including phenoxy) is 2. The molecular weight excluding hydrogens is 256 g/mol. The zero-order chi connectivity index (χ0) is 14.3. The standard InChI is InChI=1S/C16H22O4/c1-16(2)9-13(18)11-7-6-10(8-15(11)20-16)19-14-5-3-4-12(14)17/h6-8,12-14,17-18H,3-5,9H2,1-2H3. The van der Waals surface area contributed by atoms with Crippen LogP contribution in [0.4, 0.5) is 0 Å². The fraction of sp³-hybridized carbons (Fsp3) is 0.625. The first kappa shape index (κ1) is 13.7. The van der Waals surface area contributed by atoms with Crippen molar-refractivity contribution in [2.45, 2.75) is 63.4 Å². The Bertz CT molecular complexity index is 497. The summed E-state index contributed by atoms with van der Waals surface area (Å²) in [6.07, 6.45) is 2.26. The molecule has 0 spiro atoms. The molecule has 2 aliphatic rings. The van der Waals surface area contributed by atoms with Crippen LogP contribution < -0.4 is 9.47 Å². The third-order valence-corrected chi connectivity index (χ3v) is 4.12. The maximum absolute atomic E-state index is 10.2. The predicted octanol–water partition coefficient (Wildman–Crippen LogP) is 2.57. The van der Waals surface area contributed by atoms with E-state index in [2.05, 4.69) is 0 Å². The lowest BCUT2D eigenvalue weighted by Gasteiger charge is -2.35. The molecule has 0 saturated heterocycles. The van der Waals surface area contributed by atoms with Crippen LogP contribution >= 0.6 is 0 Å². The molecule has 110 valence electrons. The highest BCUT2D eigenvalue weighted by molar-refractivity contribution is 5.44. The van der Waals surface area contributed by atoms with Gasteiger partial charge in [-0.15, -0.1) is 0 Å². The summed E-state index contributed by atoms with van der Waals surface area (Å²) >= 11 is 0. The molecule has 0 aromatic heterocycles. The van der Waals surface area contributed by atoms with Crippen LogP contribution in [0.15, 0.2) is 18.2 Å². The highest BCUT2D eigenvalue weighted by atomic mass is 16.5. The SMILES string of the molecule is CC1(C)CC(O)c2ccc(OC3CCCC3O)cc2O1. The molecule has 1 aromatic carbocycles. The van der Waals surface area contributed by atoms with E-state index in [0.29, 0.717) is 17.9 Å². The molecule has 20 heavy (non-hydrogen) atoms. The lowest BCUT2D eigenvalue weighted by Crippen LogP contribution is -2.34. The lowest BCUT2D eigenvalue weighted by atomic mass is 9.92. The second-order valence-corrected chi connectivity index (χ2v) is 6.44. The highest BCUT2D eigenvalue weighted by Crippen LogP contribution is 2.41. The molecule has 1 heterocycles. The van der Waals surface area contributed by atoms with E-state index in [1.54, 1.807) is 0 Å². The molecule has 1 aromatic rings. The van der Waals surface area contributed by atoms with E-state index < -0.39 is 6.10 Å². The molecule has 3 rings (SSSR count). The summed E-state index contributed by atoms with van der Waals surface area (Å²) < 4.78 is 11.8. The Morgan fingerprint density at radius 1 is 1.25 bits per heavy atom. The number of aliphatic hydroxyl groups is 2. The van der Waals surface area contributed by atoms with Gasteiger partial charge >= 0.3 is 0 Å². The number of fused-ring (bicyclic) bond motifs is 1. The average molecular weight is 278 g/mol. The van der Waals surface area contributed by atoms with E-state index in [4.69, 9.17) is 9.47 Å². The summed E-state index contributed by atoms with van der Waals surface area (Å²) in [7, 11) is 0. The van der Waals surface area contributed by atoms with Gasteiger partial charge in [-0.05, 0) is 45.2 Å². The van der Waals surface area contributed by atoms with Gasteiger partial charge in [0, 0.05) is 18.1 Å². The largest absolute Gasteiger partial charge is 0.488 e. The van der Waals surface area contributed by atoms with Crippen molar-refractivity contribution in [3.63, 3.8) is 0 Å². The van der Waals surface area contributed by atoms with Crippen molar-refractivity contribution in [1.82, 2.24) is 0 Å². The zero-order valence-corrected chi connectivity index (χ0v) is 12.0. The molecule has 1 saturated carbocycles. The zero-order valence-electron chi connectivity index (χ0n) is 12.0. The molecule has 3 unspecified atom stereocenters. The van der Waals surface area contributed by atoms with E-state index in [1.165, 1.54) is 0 Å². The van der Waals surface area contributed by atoms with Gasteiger partial charge in [0.25, 0.3) is 0 Å². The number of hydrogen-bond donors (Lipinski definition) is 2. The maximum Gasteiger partial charge on any atom is 0.129 e. The highest BCUT2D eigenvalue weighted by Gasteiger charge is 2.33. The molecule has 4 nitrogen and oxygen atoms in total. The number of benzene rings is 1. The van der Waals surface area contributed by atoms with Crippen molar-refractivity contribution in [2.75, 3.05) is 0 Å². The molecule has 0 bridgehead atoms. The lowest BCUT2D eigenvalue weighted by molar-refractivity contribution is 0.0107. The summed E-state index contributed by atoms with van der Waals surface area (Å²) in [4.78, 5) is 0. The Morgan fingerprint density at radius 2 is 2.05 bits per heavy atom. The third kappa shape index (κ3) is 2.63. The van der Waals surface area contributed by atoms with E-state index in [-0.39, 0.29) is 17.8 Å². The van der Waals surface area contributed by atoms with Gasteiger partial charge in [-0.3, -0.25) is 0 Å². The summed E-state index contributed by atoms with van der Waals surface area (Å²) in [6, 6.07) is 5.52. The molecule has 4 heteroatoms. The first-order valence-corrected chi connectivity index (χ1v) is 7.30. The summed E-state index contributed by atoms with van der Waals surface area (Å²) in [6.45, 7) is 3.93. The summed E-state index contributed by atoms with van der Waals surface area (Å²) in [5, 5.41) is 20.0. The van der Waals surface area contributed by atoms with Crippen molar-refractivity contribution in [2.24, 2.45) is 0 Å². The van der Waals surface area contributed by atoms with Crippen LogP contribution in [-0.2, 0) is 0 Å². The van der Waals surface area contributed by atoms with Gasteiger partial charge in [0.1, 0.15) is 23.2 Å². The van der Waals surface area contributed by atoms with Gasteiger partial charge in [0.05, 0.1) is 12.2 Å². The molecule has 0 radical (unpaired) electrons. The quantitative estimate of drug-likeness (QED) is 0.873. The van der Waals surface area contributed by atoms with Crippen LogP contribution in [0.25, 0.3) is 0 Å². The van der Waals surface area contributed by atoms with Gasteiger partial charge in [-0.2, -0.15) is 0 Å². The Hall–Kier alpha value is -1.26. The van der Waals surface area contributed by atoms with Crippen molar-refractivity contribution in [1.29, 1.82) is 0 Å². The van der Waals surface area contributed by atoms with Gasteiger partial charge in [-0.25, -0.2) is 0 Å². The fourth-order valence-electron chi connectivity index (χ4n) is 3.09. The molecule has 3 atom stereocenters. The van der Waals surface area contributed by atoms with Gasteiger partial charge in [0.2, 0.25) is 0 Å². The maximum atomic E-state index is 10.2. The van der Waals surface area contributed by atoms with Gasteiger partial charge < -0.3 is 19.7 Å². The summed E-state index contributed by atoms with van der Waals surface area (Å²) in [5.41, 5.74) is 0.432. The third-order valence-electron chi connectivity index (χ3n) is 4.12. The van der Waals surface area contributed by atoms with E-state index in [1.807, 2.05) is 32.0 Å². The van der Waals surface area contributed by atoms with Crippen LogP contribution in [0, 0.1) is 0 Å².